The molecule has 0 bridgehead atoms. The van der Waals surface area contributed by atoms with Crippen LogP contribution in [0.3, 0.4) is 0 Å². The maximum Gasteiger partial charge on any atom is 0.0926 e. The smallest absolute Gasteiger partial charge is 0.0926 e. The highest BCUT2D eigenvalue weighted by molar-refractivity contribution is 5.27. The van der Waals surface area contributed by atoms with Crippen molar-refractivity contribution in [1.29, 1.82) is 0 Å². The fraction of sp³-hybridized carbons (Fsp3) is 0.727. The largest absolute Gasteiger partial charge is 0.348 e. The summed E-state index contributed by atoms with van der Waals surface area (Å²) in [5.74, 6) is 0. The Hall–Kier alpha value is -1.66. The van der Waals surface area contributed by atoms with Gasteiger partial charge in [0, 0.05) is 56.6 Å². The molecule has 154 valence electrons. The fourth-order valence-corrected chi connectivity index (χ4v) is 5.13. The molecule has 0 aromatic carbocycles. The summed E-state index contributed by atoms with van der Waals surface area (Å²) in [5, 5.41) is 4.69. The molecule has 0 unspecified atom stereocenters. The van der Waals surface area contributed by atoms with Crippen LogP contribution in [0, 0.1) is 6.92 Å². The fourth-order valence-electron chi connectivity index (χ4n) is 5.13. The number of unbranched alkanes of at least 4 members (excludes halogenated alkanes) is 1. The average Bonchev–Trinajstić information content (AvgIpc) is 3.31. The molecule has 1 N–H and O–H groups in total. The number of rotatable bonds is 7. The number of hydrogen-bond acceptors (Lipinski definition) is 4. The van der Waals surface area contributed by atoms with Crippen LogP contribution < -0.4 is 0 Å². The van der Waals surface area contributed by atoms with E-state index in [1.165, 1.54) is 54.9 Å². The zero-order chi connectivity index (χ0) is 19.6. The minimum absolute atomic E-state index is 0.140. The van der Waals surface area contributed by atoms with Gasteiger partial charge in [-0.1, -0.05) is 20.3 Å². The molecule has 0 atom stereocenters. The average molecular weight is 385 g/mol. The van der Waals surface area contributed by atoms with E-state index in [0.717, 1.165) is 45.6 Å². The second kappa shape index (κ2) is 8.37. The van der Waals surface area contributed by atoms with Gasteiger partial charge in [0.1, 0.15) is 0 Å². The molecule has 0 saturated carbocycles. The molecule has 1 saturated heterocycles. The van der Waals surface area contributed by atoms with Crippen molar-refractivity contribution in [3.05, 3.63) is 35.2 Å². The first kappa shape index (κ1) is 19.6. The van der Waals surface area contributed by atoms with Gasteiger partial charge >= 0.3 is 0 Å². The highest BCUT2D eigenvalue weighted by Gasteiger charge is 2.46. The van der Waals surface area contributed by atoms with Crippen LogP contribution >= 0.6 is 0 Å². The Labute approximate surface area is 169 Å². The molecule has 2 aromatic heterocycles. The van der Waals surface area contributed by atoms with Crippen molar-refractivity contribution in [3.8, 4) is 0 Å². The molecule has 0 amide bonds. The second-order valence-electron chi connectivity index (χ2n) is 8.63. The SMILES string of the molecule is CCCCN1CCc2[nH]cnc2C12CCN(Cc1cn(CCC)nc1C)CC2. The number of nitrogens with one attached hydrogen (secondary N) is 1. The van der Waals surface area contributed by atoms with Gasteiger partial charge in [-0.3, -0.25) is 14.5 Å². The summed E-state index contributed by atoms with van der Waals surface area (Å²) in [6, 6.07) is 0. The lowest BCUT2D eigenvalue weighted by molar-refractivity contribution is 0.00261. The van der Waals surface area contributed by atoms with Crippen molar-refractivity contribution in [2.45, 2.75) is 77.9 Å². The first-order chi connectivity index (χ1) is 13.7. The summed E-state index contributed by atoms with van der Waals surface area (Å²) >= 11 is 0. The predicted octanol–water partition coefficient (Wildman–Crippen LogP) is 3.47. The van der Waals surface area contributed by atoms with Crippen LogP contribution in [0.4, 0.5) is 0 Å². The van der Waals surface area contributed by atoms with Crippen LogP contribution in [-0.4, -0.2) is 55.7 Å². The first-order valence-electron chi connectivity index (χ1n) is 11.2. The Morgan fingerprint density at radius 1 is 1.11 bits per heavy atom. The van der Waals surface area contributed by atoms with Gasteiger partial charge in [0.15, 0.2) is 0 Å². The highest BCUT2D eigenvalue weighted by Crippen LogP contribution is 2.42. The number of imidazole rings is 1. The minimum atomic E-state index is 0.140. The van der Waals surface area contributed by atoms with Gasteiger partial charge in [-0.15, -0.1) is 0 Å². The van der Waals surface area contributed by atoms with E-state index in [4.69, 9.17) is 4.98 Å². The molecule has 2 aliphatic heterocycles. The Morgan fingerprint density at radius 2 is 1.93 bits per heavy atom. The monoisotopic (exact) mass is 384 g/mol. The molecule has 4 rings (SSSR count). The second-order valence-corrected chi connectivity index (χ2v) is 8.63. The third kappa shape index (κ3) is 3.64. The lowest BCUT2D eigenvalue weighted by Crippen LogP contribution is -2.56. The number of piperidine rings is 1. The van der Waals surface area contributed by atoms with Crippen LogP contribution in [-0.2, 0) is 25.0 Å². The number of nitrogens with zero attached hydrogens (tertiary/aromatic N) is 5. The van der Waals surface area contributed by atoms with Gasteiger partial charge in [-0.05, 0) is 39.2 Å². The number of aromatic nitrogens is 4. The molecule has 6 nitrogen and oxygen atoms in total. The van der Waals surface area contributed by atoms with Crippen molar-refractivity contribution in [2.24, 2.45) is 0 Å². The number of aryl methyl sites for hydroxylation is 2. The van der Waals surface area contributed by atoms with Crippen molar-refractivity contribution in [1.82, 2.24) is 29.5 Å². The van der Waals surface area contributed by atoms with Crippen molar-refractivity contribution in [2.75, 3.05) is 26.2 Å². The molecule has 6 heteroatoms. The summed E-state index contributed by atoms with van der Waals surface area (Å²) in [4.78, 5) is 13.6. The summed E-state index contributed by atoms with van der Waals surface area (Å²) in [7, 11) is 0. The lowest BCUT2D eigenvalue weighted by Gasteiger charge is -2.50. The molecule has 2 aromatic rings. The molecule has 28 heavy (non-hydrogen) atoms. The lowest BCUT2D eigenvalue weighted by atomic mass is 9.78. The molecular formula is C22H36N6. The highest BCUT2D eigenvalue weighted by atomic mass is 15.3. The van der Waals surface area contributed by atoms with Crippen LogP contribution in [0.1, 0.15) is 68.6 Å². The third-order valence-electron chi connectivity index (χ3n) is 6.76. The van der Waals surface area contributed by atoms with E-state index in [1.807, 2.05) is 6.33 Å². The number of aromatic amines is 1. The minimum Gasteiger partial charge on any atom is -0.348 e. The predicted molar refractivity (Wildman–Crippen MR) is 112 cm³/mol. The molecular weight excluding hydrogens is 348 g/mol. The Morgan fingerprint density at radius 3 is 2.68 bits per heavy atom. The summed E-state index contributed by atoms with van der Waals surface area (Å²) in [6.45, 7) is 13.3. The van der Waals surface area contributed by atoms with Crippen LogP contribution in [0.5, 0.6) is 0 Å². The van der Waals surface area contributed by atoms with E-state index < -0.39 is 0 Å². The first-order valence-corrected chi connectivity index (χ1v) is 11.2. The zero-order valence-corrected chi connectivity index (χ0v) is 17.9. The van der Waals surface area contributed by atoms with Crippen molar-refractivity contribution >= 4 is 0 Å². The normalized spacial score (nSPS) is 20.0. The number of hydrogen-bond donors (Lipinski definition) is 1. The van der Waals surface area contributed by atoms with E-state index in [-0.39, 0.29) is 5.54 Å². The van der Waals surface area contributed by atoms with Crippen LogP contribution in [0.15, 0.2) is 12.5 Å². The zero-order valence-electron chi connectivity index (χ0n) is 17.9. The molecule has 2 aliphatic rings. The van der Waals surface area contributed by atoms with Crippen molar-refractivity contribution in [3.63, 3.8) is 0 Å². The molecule has 1 spiro atoms. The van der Waals surface area contributed by atoms with Gasteiger partial charge in [0.05, 0.1) is 23.3 Å². The Kier molecular flexibility index (Phi) is 5.88. The van der Waals surface area contributed by atoms with Gasteiger partial charge in [0.2, 0.25) is 0 Å². The summed E-state index contributed by atoms with van der Waals surface area (Å²) in [6.07, 6.45) is 11.3. The number of fused-ring (bicyclic) bond motifs is 2. The summed E-state index contributed by atoms with van der Waals surface area (Å²) in [5.41, 5.74) is 5.42. The quantitative estimate of drug-likeness (QED) is 0.794. The van der Waals surface area contributed by atoms with E-state index >= 15 is 0 Å². The Balaban J connectivity index is 1.47. The number of likely N-dealkylation sites (tertiary alicyclic amines) is 1. The summed E-state index contributed by atoms with van der Waals surface area (Å²) < 4.78 is 2.11. The van der Waals surface area contributed by atoms with Gasteiger partial charge in [-0.2, -0.15) is 5.10 Å². The number of H-pyrrole nitrogens is 1. The van der Waals surface area contributed by atoms with Gasteiger partial charge in [-0.25, -0.2) is 4.98 Å². The third-order valence-corrected chi connectivity index (χ3v) is 6.76. The van der Waals surface area contributed by atoms with Gasteiger partial charge in [0.25, 0.3) is 0 Å². The Bertz CT molecular complexity index is 768. The topological polar surface area (TPSA) is 53.0 Å². The van der Waals surface area contributed by atoms with E-state index in [9.17, 15) is 0 Å². The van der Waals surface area contributed by atoms with Crippen LogP contribution in [0.25, 0.3) is 0 Å². The van der Waals surface area contributed by atoms with Crippen LogP contribution in [0.2, 0.25) is 0 Å². The van der Waals surface area contributed by atoms with Gasteiger partial charge < -0.3 is 4.98 Å². The maximum atomic E-state index is 4.81. The molecule has 0 radical (unpaired) electrons. The van der Waals surface area contributed by atoms with E-state index in [1.54, 1.807) is 0 Å². The maximum absolute atomic E-state index is 4.81. The standard InChI is InChI=1S/C22H36N6/c1-4-6-11-27-12-7-20-21(24-17-23-20)22(27)8-13-26(14-9-22)15-19-16-28(10-5-2)25-18(19)3/h16-17H,4-15H2,1-3H3,(H,23,24). The molecule has 1 fully saturated rings. The van der Waals surface area contributed by atoms with Crippen molar-refractivity contribution < 1.29 is 0 Å². The van der Waals surface area contributed by atoms with E-state index in [0.29, 0.717) is 0 Å². The molecule has 4 heterocycles. The molecule has 0 aliphatic carbocycles. The van der Waals surface area contributed by atoms with E-state index in [2.05, 4.69) is 51.5 Å².